The molecule has 4 aliphatic carbocycles. The fourth-order valence-corrected chi connectivity index (χ4v) is 11.1. The summed E-state index contributed by atoms with van der Waals surface area (Å²) in [6, 6.07) is 31.6. The minimum Gasteiger partial charge on any atom is -1.00 e. The molecule has 7 atom stereocenters. The SMILES string of the molecule is NCCCC(=O)O.NCCCN.NCCCNC1Cc2cccnc2-c2ncccc21.NCCCNC1c2cccnc2-c2ncccc2C1O.NCCCNC1c2cccnc2-c2ncccc2C1OC(=O)CCCN.[H-].[Na+].c1cnc2c(c1)C1OC1c1cccnc1-2. The molecule has 1 saturated heterocycles. The number of hydrogen-bond acceptors (Lipinski definition) is 23. The molecule has 13 rings (SSSR count). The molecule has 1 aliphatic heterocycles. The third-order valence-electron chi connectivity index (χ3n) is 15.6. The van der Waals surface area contributed by atoms with Gasteiger partial charge in [0.2, 0.25) is 0 Å². The summed E-state index contributed by atoms with van der Waals surface area (Å²) < 4.78 is 11.5. The molecule has 8 aromatic rings. The molecule has 488 valence electrons. The Kier molecular flexibility index (Phi) is 30.4. The van der Waals surface area contributed by atoms with Gasteiger partial charge in [0.25, 0.3) is 0 Å². The van der Waals surface area contributed by atoms with Crippen LogP contribution < -0.4 is 85.6 Å². The van der Waals surface area contributed by atoms with Crippen LogP contribution in [0.3, 0.4) is 0 Å². The van der Waals surface area contributed by atoms with E-state index >= 15 is 0 Å². The molecule has 7 unspecified atom stereocenters. The Morgan fingerprint density at radius 3 is 1.26 bits per heavy atom. The molecule has 19 N–H and O–H groups in total. The van der Waals surface area contributed by atoms with Crippen molar-refractivity contribution >= 4 is 11.9 Å². The van der Waals surface area contributed by atoms with Gasteiger partial charge in [-0.2, -0.15) is 0 Å². The minimum atomic E-state index is -0.773. The Bertz CT molecular complexity index is 3550. The zero-order chi connectivity index (χ0) is 65.0. The smallest absolute Gasteiger partial charge is 1.00 e. The second-order valence-electron chi connectivity index (χ2n) is 22.0. The summed E-state index contributed by atoms with van der Waals surface area (Å²) >= 11 is 0. The van der Waals surface area contributed by atoms with Crippen LogP contribution in [-0.4, -0.2) is 127 Å². The molecule has 9 heterocycles. The number of epoxide rings is 1. The van der Waals surface area contributed by atoms with E-state index in [1.54, 1.807) is 37.2 Å². The van der Waals surface area contributed by atoms with Gasteiger partial charge in [-0.05, 0) is 176 Å². The maximum atomic E-state index is 12.3. The van der Waals surface area contributed by atoms with E-state index in [0.29, 0.717) is 51.5 Å². The van der Waals surface area contributed by atoms with E-state index in [0.717, 1.165) is 139 Å². The van der Waals surface area contributed by atoms with E-state index < -0.39 is 18.2 Å². The number of esters is 1. The summed E-state index contributed by atoms with van der Waals surface area (Å²) in [5, 5.41) is 29.0. The third kappa shape index (κ3) is 19.6. The quantitative estimate of drug-likeness (QED) is 0.0213. The molecule has 25 heteroatoms. The number of ether oxygens (including phenoxy) is 2. The van der Waals surface area contributed by atoms with Gasteiger partial charge in [-0.15, -0.1) is 0 Å². The minimum absolute atomic E-state index is 0. The van der Waals surface area contributed by atoms with E-state index in [9.17, 15) is 14.7 Å². The van der Waals surface area contributed by atoms with Gasteiger partial charge in [-0.25, -0.2) is 0 Å². The first kappa shape index (κ1) is 73.1. The largest absolute Gasteiger partial charge is 1.00 e. The number of aliphatic hydroxyl groups is 1. The average Bonchev–Trinajstić information content (AvgIpc) is 1.52. The van der Waals surface area contributed by atoms with Crippen molar-refractivity contribution in [3.05, 3.63) is 191 Å². The van der Waals surface area contributed by atoms with Crippen LogP contribution >= 0.6 is 0 Å². The molecule has 0 amide bonds. The van der Waals surface area contributed by atoms with Crippen molar-refractivity contribution in [1.29, 1.82) is 0 Å². The molecular formula is C68H89N18NaO6. The van der Waals surface area contributed by atoms with Gasteiger partial charge >= 0.3 is 41.5 Å². The van der Waals surface area contributed by atoms with Gasteiger partial charge in [0.15, 0.2) is 0 Å². The van der Waals surface area contributed by atoms with Gasteiger partial charge in [-0.1, -0.05) is 48.5 Å². The van der Waals surface area contributed by atoms with Crippen LogP contribution in [0, 0.1) is 0 Å². The fraction of sp³-hybridized carbons (Fsp3) is 0.382. The van der Waals surface area contributed by atoms with Crippen LogP contribution in [0.25, 0.3) is 45.6 Å². The Morgan fingerprint density at radius 2 is 0.796 bits per heavy atom. The van der Waals surface area contributed by atoms with Crippen molar-refractivity contribution in [2.24, 2.45) is 40.1 Å². The zero-order valence-corrected chi connectivity index (χ0v) is 55.0. The molecule has 93 heavy (non-hydrogen) atoms. The number of aliphatic hydroxyl groups excluding tert-OH is 1. The van der Waals surface area contributed by atoms with Crippen LogP contribution in [0.5, 0.6) is 0 Å². The maximum absolute atomic E-state index is 12.3. The third-order valence-corrected chi connectivity index (χ3v) is 15.6. The number of aromatic nitrogens is 8. The van der Waals surface area contributed by atoms with E-state index in [1.165, 1.54) is 22.3 Å². The maximum Gasteiger partial charge on any atom is 1.00 e. The second-order valence-corrected chi connectivity index (χ2v) is 22.0. The van der Waals surface area contributed by atoms with Crippen LogP contribution in [0.15, 0.2) is 147 Å². The van der Waals surface area contributed by atoms with Gasteiger partial charge in [-0.3, -0.25) is 49.5 Å². The molecule has 5 aliphatic rings. The predicted octanol–water partition coefficient (Wildman–Crippen LogP) is 2.80. The Morgan fingerprint density at radius 1 is 0.441 bits per heavy atom. The number of nitrogens with two attached hydrogens (primary N) is 7. The topological polar surface area (TPSA) is 418 Å². The van der Waals surface area contributed by atoms with E-state index in [2.05, 4.69) is 80.1 Å². The molecule has 8 aromatic heterocycles. The molecule has 24 nitrogen and oxygen atoms in total. The van der Waals surface area contributed by atoms with Crippen LogP contribution in [-0.2, 0) is 25.5 Å². The van der Waals surface area contributed by atoms with Crippen molar-refractivity contribution in [2.75, 3.05) is 65.4 Å². The molecule has 0 spiro atoms. The van der Waals surface area contributed by atoms with Crippen molar-refractivity contribution in [1.82, 2.24) is 55.8 Å². The van der Waals surface area contributed by atoms with E-state index in [4.69, 9.17) is 54.7 Å². The van der Waals surface area contributed by atoms with Crippen LogP contribution in [0.1, 0.15) is 140 Å². The summed E-state index contributed by atoms with van der Waals surface area (Å²) in [4.78, 5) is 57.6. The van der Waals surface area contributed by atoms with Crippen molar-refractivity contribution in [2.45, 2.75) is 100 Å². The number of carbonyl (C=O) groups excluding carboxylic acids is 1. The molecular weight excluding hydrogens is 1190 g/mol. The zero-order valence-electron chi connectivity index (χ0n) is 54.0. The molecule has 0 aromatic carbocycles. The summed E-state index contributed by atoms with van der Waals surface area (Å²) in [6.45, 7) is 6.74. The van der Waals surface area contributed by atoms with Gasteiger partial charge in [0.1, 0.15) is 24.4 Å². The summed E-state index contributed by atoms with van der Waals surface area (Å²) in [6.07, 6.45) is 19.9. The number of hydrogen-bond donors (Lipinski definition) is 12. The number of rotatable bonds is 21. The summed E-state index contributed by atoms with van der Waals surface area (Å²) in [5.41, 5.74) is 53.0. The summed E-state index contributed by atoms with van der Waals surface area (Å²) in [7, 11) is 0. The predicted molar refractivity (Wildman–Crippen MR) is 355 cm³/mol. The number of carbonyl (C=O) groups is 2. The second kappa shape index (κ2) is 38.7. The normalized spacial score (nSPS) is 18.0. The molecule has 0 saturated carbocycles. The molecule has 0 radical (unpaired) electrons. The Hall–Kier alpha value is -7.34. The molecule has 1 fully saturated rings. The monoisotopic (exact) mass is 1280 g/mol. The fourth-order valence-electron chi connectivity index (χ4n) is 11.1. The Labute approximate surface area is 567 Å². The number of pyridine rings is 8. The number of aliphatic carboxylic acids is 1. The van der Waals surface area contributed by atoms with Gasteiger partial charge < -0.3 is 77.2 Å². The summed E-state index contributed by atoms with van der Waals surface area (Å²) in [5.74, 6) is -1.03. The first-order valence-electron chi connectivity index (χ1n) is 31.6. The van der Waals surface area contributed by atoms with Crippen molar-refractivity contribution in [3.63, 3.8) is 0 Å². The van der Waals surface area contributed by atoms with E-state index in [1.807, 2.05) is 85.2 Å². The van der Waals surface area contributed by atoms with E-state index in [-0.39, 0.29) is 67.7 Å². The van der Waals surface area contributed by atoms with Crippen molar-refractivity contribution < 1.29 is 60.3 Å². The first-order chi connectivity index (χ1) is 45.1. The van der Waals surface area contributed by atoms with Crippen LogP contribution in [0.2, 0.25) is 0 Å². The van der Waals surface area contributed by atoms with Crippen LogP contribution in [0.4, 0.5) is 0 Å². The van der Waals surface area contributed by atoms with Gasteiger partial charge in [0.05, 0.1) is 57.6 Å². The van der Waals surface area contributed by atoms with Gasteiger partial charge in [0, 0.05) is 96.3 Å². The number of nitrogens with one attached hydrogen (secondary N) is 3. The number of carboxylic acid groups (broad SMARTS) is 1. The number of carboxylic acids is 1. The first-order valence-corrected chi connectivity index (χ1v) is 31.6. The number of fused-ring (bicyclic) bond motifs is 15. The van der Waals surface area contributed by atoms with Crippen molar-refractivity contribution in [3.8, 4) is 45.6 Å². The number of nitrogens with zero attached hydrogens (tertiary/aromatic N) is 8. The Balaban J connectivity index is 0.000000188. The average molecular weight is 1280 g/mol. The molecule has 0 bridgehead atoms. The standard InChI is InChI=1S/C19H25N5O2.C15H18N4O.C15H18N4.C12H8N2O.C4H9NO2.C3H10N2.Na.H/c20-8-1-7-15(25)26-19-14-6-3-11-23-17(14)16-13(5-2-10-22-16)18(19)24-12-4-9-21;16-6-3-9-19-14-10-4-1-7-17-12(10)13-11(15(14)20)5-2-8-18-13;16-6-3-9-17-13-10-11-4-1-7-18-14(11)15-12(13)5-2-8-19-15;1-3-7-9(13-5-1)10-8(4-2-6-14-10)12-11(7)15-12;5-3-1-2-4(6)7;4-2-1-3-5;;/h2-3,5-6,10-11,18-19,24H,1,4,7-9,12,20-21H2;1-2,4-5,7-8,14-15,19-20H,3,6,9,16H2;1-2,4-5,7-8,13,17H,3,6,9-10,16H2;1-6,11-12H;1-3,5H2,(H,6,7);1-5H2;;/q;;;;;;+1;-1.